The summed E-state index contributed by atoms with van der Waals surface area (Å²) >= 11 is 0. The average Bonchev–Trinajstić information content (AvgIpc) is 2.90. The second-order valence-corrected chi connectivity index (χ2v) is 7.34. The van der Waals surface area contributed by atoms with Crippen molar-refractivity contribution in [3.05, 3.63) is 41.3 Å². The number of nitrogens with zero attached hydrogens (tertiary/aromatic N) is 1. The number of sulfonamides is 1. The minimum absolute atomic E-state index is 0.00326. The van der Waals surface area contributed by atoms with Gasteiger partial charge in [-0.05, 0) is 38.3 Å². The summed E-state index contributed by atoms with van der Waals surface area (Å²) < 4.78 is 26.8. The predicted molar refractivity (Wildman–Crippen MR) is 83.6 cm³/mol. The van der Waals surface area contributed by atoms with Gasteiger partial charge in [0.05, 0.1) is 0 Å². The second-order valence-electron chi connectivity index (χ2n) is 5.62. The van der Waals surface area contributed by atoms with Crippen molar-refractivity contribution in [2.75, 3.05) is 0 Å². The smallest absolute Gasteiger partial charge is 0.207 e. The van der Waals surface area contributed by atoms with Crippen molar-refractivity contribution in [1.82, 2.24) is 4.31 Å². The van der Waals surface area contributed by atoms with Crippen LogP contribution in [0.4, 0.5) is 0 Å². The topological polar surface area (TPSA) is 37.4 Å². The Bertz CT molecular complexity index is 543. The quantitative estimate of drug-likeness (QED) is 0.831. The molecule has 0 spiro atoms. The Morgan fingerprint density at radius 2 is 1.75 bits per heavy atom. The zero-order valence-corrected chi connectivity index (χ0v) is 13.0. The molecule has 1 fully saturated rings. The first-order valence-corrected chi connectivity index (χ1v) is 8.78. The fraction of sp³-hybridized carbons (Fsp3) is 0.500. The van der Waals surface area contributed by atoms with E-state index in [4.69, 9.17) is 0 Å². The van der Waals surface area contributed by atoms with Crippen molar-refractivity contribution < 1.29 is 8.42 Å². The predicted octanol–water partition coefficient (Wildman–Crippen LogP) is 3.64. The molecule has 4 heteroatoms. The highest BCUT2D eigenvalue weighted by Gasteiger charge is 2.32. The molecule has 0 unspecified atom stereocenters. The molecule has 0 aromatic heterocycles. The highest BCUT2D eigenvalue weighted by molar-refractivity contribution is 7.92. The van der Waals surface area contributed by atoms with E-state index in [9.17, 15) is 8.42 Å². The number of rotatable bonds is 5. The molecule has 0 N–H and O–H groups in total. The Labute approximate surface area is 122 Å². The van der Waals surface area contributed by atoms with E-state index >= 15 is 0 Å². The Kier molecular flexibility index (Phi) is 5.00. The maximum absolute atomic E-state index is 12.6. The molecule has 1 aromatic carbocycles. The van der Waals surface area contributed by atoms with Gasteiger partial charge in [0, 0.05) is 17.5 Å². The van der Waals surface area contributed by atoms with Crippen LogP contribution in [0.25, 0.3) is 6.08 Å². The molecule has 3 nitrogen and oxygen atoms in total. The van der Waals surface area contributed by atoms with Crippen molar-refractivity contribution >= 4 is 16.1 Å². The lowest BCUT2D eigenvalue weighted by atomic mass is 10.2. The summed E-state index contributed by atoms with van der Waals surface area (Å²) in [6.07, 6.45) is 5.91. The third-order valence-corrected chi connectivity index (χ3v) is 5.51. The van der Waals surface area contributed by atoms with Gasteiger partial charge in [-0.2, -0.15) is 4.31 Å². The number of benzene rings is 1. The lowest BCUT2D eigenvalue weighted by molar-refractivity contribution is 0.279. The minimum Gasteiger partial charge on any atom is -0.207 e. The monoisotopic (exact) mass is 293 g/mol. The zero-order chi connectivity index (χ0) is 14.6. The van der Waals surface area contributed by atoms with Gasteiger partial charge in [0.1, 0.15) is 0 Å². The Hall–Kier alpha value is -1.13. The first-order chi connectivity index (χ1) is 9.50. The highest BCUT2D eigenvalue weighted by Crippen LogP contribution is 2.28. The molecule has 0 bridgehead atoms. The molecule has 1 aliphatic rings. The molecular formula is C16H23NO2S. The molecule has 0 aliphatic heterocycles. The van der Waals surface area contributed by atoms with E-state index in [0.717, 1.165) is 31.2 Å². The van der Waals surface area contributed by atoms with Gasteiger partial charge >= 0.3 is 0 Å². The van der Waals surface area contributed by atoms with Crippen molar-refractivity contribution in [3.8, 4) is 0 Å². The SMILES string of the molecule is CC(C)N(C1CCCC1)S(=O)(=O)C=Cc1ccccc1. The summed E-state index contributed by atoms with van der Waals surface area (Å²) in [5.41, 5.74) is 0.909. The van der Waals surface area contributed by atoms with Crippen LogP contribution in [-0.2, 0) is 10.0 Å². The van der Waals surface area contributed by atoms with Crippen LogP contribution in [0.3, 0.4) is 0 Å². The molecular weight excluding hydrogens is 270 g/mol. The van der Waals surface area contributed by atoms with Crippen LogP contribution in [0.5, 0.6) is 0 Å². The van der Waals surface area contributed by atoms with Crippen molar-refractivity contribution in [2.24, 2.45) is 0 Å². The summed E-state index contributed by atoms with van der Waals surface area (Å²) in [5, 5.41) is 1.35. The molecule has 110 valence electrons. The normalized spacial score (nSPS) is 17.6. The highest BCUT2D eigenvalue weighted by atomic mass is 32.2. The number of hydrogen-bond acceptors (Lipinski definition) is 2. The first-order valence-electron chi connectivity index (χ1n) is 7.27. The first kappa shape index (κ1) is 15.3. The van der Waals surface area contributed by atoms with Gasteiger partial charge in [0.2, 0.25) is 10.0 Å². The van der Waals surface area contributed by atoms with E-state index in [0.29, 0.717) is 0 Å². The largest absolute Gasteiger partial charge is 0.236 e. The van der Waals surface area contributed by atoms with Crippen LogP contribution in [0.1, 0.15) is 45.1 Å². The van der Waals surface area contributed by atoms with E-state index in [1.54, 1.807) is 10.4 Å². The Balaban J connectivity index is 2.20. The molecule has 0 amide bonds. The van der Waals surface area contributed by atoms with Gasteiger partial charge in [-0.25, -0.2) is 8.42 Å². The third kappa shape index (κ3) is 3.70. The van der Waals surface area contributed by atoms with Crippen LogP contribution in [0.2, 0.25) is 0 Å². The fourth-order valence-electron chi connectivity index (χ4n) is 2.88. The third-order valence-electron chi connectivity index (χ3n) is 3.72. The van der Waals surface area contributed by atoms with Crippen LogP contribution in [0, 0.1) is 0 Å². The van der Waals surface area contributed by atoms with Crippen molar-refractivity contribution in [2.45, 2.75) is 51.6 Å². The maximum Gasteiger partial charge on any atom is 0.236 e. The molecule has 0 atom stereocenters. The van der Waals surface area contributed by atoms with Gasteiger partial charge in [-0.15, -0.1) is 0 Å². The second kappa shape index (κ2) is 6.55. The van der Waals surface area contributed by atoms with Crippen LogP contribution >= 0.6 is 0 Å². The standard InChI is InChI=1S/C16H23NO2S/c1-14(2)17(16-10-6-7-11-16)20(18,19)13-12-15-8-4-3-5-9-15/h3-5,8-9,12-14,16H,6-7,10-11H2,1-2H3. The summed E-state index contributed by atoms with van der Waals surface area (Å²) in [5.74, 6) is 0. The Morgan fingerprint density at radius 1 is 1.15 bits per heavy atom. The van der Waals surface area contributed by atoms with E-state index in [2.05, 4.69) is 0 Å². The maximum atomic E-state index is 12.6. The van der Waals surface area contributed by atoms with Crippen LogP contribution in [0.15, 0.2) is 35.7 Å². The van der Waals surface area contributed by atoms with E-state index in [1.165, 1.54) is 5.41 Å². The lowest BCUT2D eigenvalue weighted by Gasteiger charge is -2.30. The van der Waals surface area contributed by atoms with Gasteiger partial charge in [-0.1, -0.05) is 43.2 Å². The Morgan fingerprint density at radius 3 is 2.30 bits per heavy atom. The summed E-state index contributed by atoms with van der Waals surface area (Å²) in [6.45, 7) is 3.90. The van der Waals surface area contributed by atoms with Crippen LogP contribution in [-0.4, -0.2) is 24.8 Å². The van der Waals surface area contributed by atoms with E-state index in [-0.39, 0.29) is 12.1 Å². The lowest BCUT2D eigenvalue weighted by Crippen LogP contribution is -2.42. The van der Waals surface area contributed by atoms with Gasteiger partial charge in [0.15, 0.2) is 0 Å². The van der Waals surface area contributed by atoms with Crippen molar-refractivity contribution in [3.63, 3.8) is 0 Å². The zero-order valence-electron chi connectivity index (χ0n) is 12.2. The van der Waals surface area contributed by atoms with Gasteiger partial charge in [-0.3, -0.25) is 0 Å². The molecule has 2 rings (SSSR count). The van der Waals surface area contributed by atoms with E-state index in [1.807, 2.05) is 44.2 Å². The number of hydrogen-bond donors (Lipinski definition) is 0. The minimum atomic E-state index is -3.35. The molecule has 0 radical (unpaired) electrons. The van der Waals surface area contributed by atoms with Crippen molar-refractivity contribution in [1.29, 1.82) is 0 Å². The van der Waals surface area contributed by atoms with Crippen LogP contribution < -0.4 is 0 Å². The molecule has 0 saturated heterocycles. The molecule has 20 heavy (non-hydrogen) atoms. The average molecular weight is 293 g/mol. The summed E-state index contributed by atoms with van der Waals surface area (Å²) in [4.78, 5) is 0. The summed E-state index contributed by atoms with van der Waals surface area (Å²) in [6, 6.07) is 9.71. The molecule has 1 aromatic rings. The molecule has 0 heterocycles. The molecule has 1 saturated carbocycles. The van der Waals surface area contributed by atoms with Gasteiger partial charge < -0.3 is 0 Å². The van der Waals surface area contributed by atoms with E-state index < -0.39 is 10.0 Å². The summed E-state index contributed by atoms with van der Waals surface area (Å²) in [7, 11) is -3.35. The fourth-order valence-corrected chi connectivity index (χ4v) is 4.56. The van der Waals surface area contributed by atoms with Gasteiger partial charge in [0.25, 0.3) is 0 Å². The molecule has 1 aliphatic carbocycles.